The van der Waals surface area contributed by atoms with E-state index in [4.69, 9.17) is 0 Å². The molecule has 0 atom stereocenters. The summed E-state index contributed by atoms with van der Waals surface area (Å²) in [7, 11) is 5.69. The largest absolute Gasteiger partial charge is 0.356 e. The van der Waals surface area contributed by atoms with Crippen molar-refractivity contribution in [1.82, 2.24) is 25.0 Å². The first-order chi connectivity index (χ1) is 11.1. The first-order valence-electron chi connectivity index (χ1n) is 7.59. The molecule has 1 aromatic carbocycles. The fourth-order valence-electron chi connectivity index (χ4n) is 2.32. The average Bonchev–Trinajstić information content (AvgIpc) is 2.92. The van der Waals surface area contributed by atoms with Crippen LogP contribution < -0.4 is 5.32 Å². The van der Waals surface area contributed by atoms with Gasteiger partial charge in [-0.3, -0.25) is 9.67 Å². The number of nitrogens with zero attached hydrogens (tertiary/aromatic N) is 5. The van der Waals surface area contributed by atoms with Crippen LogP contribution >= 0.6 is 15.9 Å². The summed E-state index contributed by atoms with van der Waals surface area (Å²) in [5.74, 6) is 1.77. The molecule has 1 N–H and O–H groups in total. The van der Waals surface area contributed by atoms with Gasteiger partial charge < -0.3 is 10.2 Å². The van der Waals surface area contributed by atoms with Gasteiger partial charge in [0.1, 0.15) is 12.2 Å². The molecular weight excluding hydrogens is 356 g/mol. The molecule has 0 radical (unpaired) electrons. The monoisotopic (exact) mass is 378 g/mol. The lowest BCUT2D eigenvalue weighted by molar-refractivity contribution is 0.448. The van der Waals surface area contributed by atoms with E-state index in [1.54, 1.807) is 18.1 Å². The number of aromatic nitrogens is 3. The summed E-state index contributed by atoms with van der Waals surface area (Å²) >= 11 is 3.50. The Morgan fingerprint density at radius 1 is 1.43 bits per heavy atom. The SMILES string of the molecule is CN=C(NCCCc1cccc(Br)c1)N(C)Cc1ncnn1C. The number of rotatable bonds is 6. The van der Waals surface area contributed by atoms with Gasteiger partial charge in [0.2, 0.25) is 0 Å². The normalized spacial score (nSPS) is 11.6. The smallest absolute Gasteiger partial charge is 0.193 e. The molecule has 2 aromatic rings. The van der Waals surface area contributed by atoms with Crippen LogP contribution in [0.1, 0.15) is 17.8 Å². The summed E-state index contributed by atoms with van der Waals surface area (Å²) in [4.78, 5) is 10.6. The van der Waals surface area contributed by atoms with Crippen LogP contribution in [0.15, 0.2) is 40.1 Å². The molecule has 0 saturated carbocycles. The highest BCUT2D eigenvalue weighted by Crippen LogP contribution is 2.12. The first kappa shape index (κ1) is 17.5. The lowest BCUT2D eigenvalue weighted by Crippen LogP contribution is -2.39. The van der Waals surface area contributed by atoms with Crippen molar-refractivity contribution in [2.75, 3.05) is 20.6 Å². The molecule has 0 unspecified atom stereocenters. The number of hydrogen-bond acceptors (Lipinski definition) is 3. The third-order valence-corrected chi connectivity index (χ3v) is 4.06. The number of guanidine groups is 1. The molecule has 23 heavy (non-hydrogen) atoms. The van der Waals surface area contributed by atoms with E-state index in [2.05, 4.69) is 54.5 Å². The van der Waals surface area contributed by atoms with Crippen LogP contribution in [0.3, 0.4) is 0 Å². The Balaban J connectivity index is 1.77. The van der Waals surface area contributed by atoms with Gasteiger partial charge in [-0.25, -0.2) is 4.98 Å². The summed E-state index contributed by atoms with van der Waals surface area (Å²) in [5.41, 5.74) is 1.34. The molecule has 124 valence electrons. The quantitative estimate of drug-likeness (QED) is 0.475. The molecule has 2 rings (SSSR count). The minimum absolute atomic E-state index is 0.668. The molecule has 0 spiro atoms. The Bertz CT molecular complexity index is 652. The highest BCUT2D eigenvalue weighted by molar-refractivity contribution is 9.10. The fraction of sp³-hybridized carbons (Fsp3) is 0.438. The van der Waals surface area contributed by atoms with Crippen LogP contribution in [0.4, 0.5) is 0 Å². The number of aryl methyl sites for hydroxylation is 2. The second-order valence-corrected chi connectivity index (χ2v) is 6.28. The summed E-state index contributed by atoms with van der Waals surface area (Å²) in [6, 6.07) is 8.43. The zero-order valence-electron chi connectivity index (χ0n) is 13.8. The van der Waals surface area contributed by atoms with Gasteiger partial charge in [0.15, 0.2) is 5.96 Å². The Hall–Kier alpha value is -1.89. The third-order valence-electron chi connectivity index (χ3n) is 3.57. The molecule has 1 heterocycles. The molecule has 6 nitrogen and oxygen atoms in total. The Morgan fingerprint density at radius 3 is 2.91 bits per heavy atom. The molecule has 0 saturated heterocycles. The van der Waals surface area contributed by atoms with Gasteiger partial charge in [-0.2, -0.15) is 5.10 Å². The van der Waals surface area contributed by atoms with Gasteiger partial charge in [-0.15, -0.1) is 0 Å². The number of halogens is 1. The van der Waals surface area contributed by atoms with E-state index in [1.165, 1.54) is 5.56 Å². The van der Waals surface area contributed by atoms with Crippen molar-refractivity contribution in [2.24, 2.45) is 12.0 Å². The molecule has 0 aliphatic rings. The van der Waals surface area contributed by atoms with Gasteiger partial charge >= 0.3 is 0 Å². The maximum absolute atomic E-state index is 4.32. The van der Waals surface area contributed by atoms with Gasteiger partial charge in [0.25, 0.3) is 0 Å². The highest BCUT2D eigenvalue weighted by atomic mass is 79.9. The van der Waals surface area contributed by atoms with E-state index in [-0.39, 0.29) is 0 Å². The van der Waals surface area contributed by atoms with E-state index < -0.39 is 0 Å². The Kier molecular flexibility index (Phi) is 6.58. The lowest BCUT2D eigenvalue weighted by atomic mass is 10.1. The molecule has 1 aromatic heterocycles. The van der Waals surface area contributed by atoms with E-state index >= 15 is 0 Å². The van der Waals surface area contributed by atoms with Crippen molar-refractivity contribution < 1.29 is 0 Å². The minimum Gasteiger partial charge on any atom is -0.356 e. The minimum atomic E-state index is 0.668. The van der Waals surface area contributed by atoms with Gasteiger partial charge in [0, 0.05) is 32.2 Å². The second-order valence-electron chi connectivity index (χ2n) is 5.36. The standard InChI is InChI=1S/C16H23BrN6/c1-18-16(22(2)11-15-20-12-21-23(15)3)19-9-5-7-13-6-4-8-14(17)10-13/h4,6,8,10,12H,5,7,9,11H2,1-3H3,(H,18,19). The predicted molar refractivity (Wildman–Crippen MR) is 96.3 cm³/mol. The van der Waals surface area contributed by atoms with Crippen molar-refractivity contribution in [3.8, 4) is 0 Å². The molecule has 0 fully saturated rings. The molecule has 0 aliphatic carbocycles. The van der Waals surface area contributed by atoms with E-state index in [1.807, 2.05) is 25.1 Å². The summed E-state index contributed by atoms with van der Waals surface area (Å²) in [5, 5.41) is 7.48. The summed E-state index contributed by atoms with van der Waals surface area (Å²) in [6.45, 7) is 1.55. The predicted octanol–water partition coefficient (Wildman–Crippen LogP) is 2.22. The fourth-order valence-corrected chi connectivity index (χ4v) is 2.77. The third kappa shape index (κ3) is 5.35. The Morgan fingerprint density at radius 2 is 2.26 bits per heavy atom. The van der Waals surface area contributed by atoms with E-state index in [0.717, 1.165) is 35.6 Å². The van der Waals surface area contributed by atoms with Crippen molar-refractivity contribution in [3.63, 3.8) is 0 Å². The molecular formula is C16H23BrN6. The zero-order valence-corrected chi connectivity index (χ0v) is 15.4. The van der Waals surface area contributed by atoms with Crippen molar-refractivity contribution in [1.29, 1.82) is 0 Å². The zero-order chi connectivity index (χ0) is 16.7. The maximum Gasteiger partial charge on any atom is 0.193 e. The van der Waals surface area contributed by atoms with Crippen LogP contribution in [0.25, 0.3) is 0 Å². The summed E-state index contributed by atoms with van der Waals surface area (Å²) < 4.78 is 2.90. The van der Waals surface area contributed by atoms with Crippen molar-refractivity contribution in [2.45, 2.75) is 19.4 Å². The number of nitrogens with one attached hydrogen (secondary N) is 1. The first-order valence-corrected chi connectivity index (χ1v) is 8.38. The molecule has 0 aliphatic heterocycles. The summed E-state index contributed by atoms with van der Waals surface area (Å²) in [6.07, 6.45) is 3.65. The van der Waals surface area contributed by atoms with Crippen LogP contribution in [0.5, 0.6) is 0 Å². The molecule has 7 heteroatoms. The molecule has 0 amide bonds. The molecule has 0 bridgehead atoms. The topological polar surface area (TPSA) is 58.3 Å². The van der Waals surface area contributed by atoms with Crippen LogP contribution in [-0.4, -0.2) is 46.3 Å². The van der Waals surface area contributed by atoms with Gasteiger partial charge in [-0.1, -0.05) is 28.1 Å². The number of aliphatic imine (C=N–C) groups is 1. The van der Waals surface area contributed by atoms with E-state index in [0.29, 0.717) is 6.54 Å². The Labute approximate surface area is 145 Å². The second kappa shape index (κ2) is 8.67. The van der Waals surface area contributed by atoms with E-state index in [9.17, 15) is 0 Å². The van der Waals surface area contributed by atoms with Crippen LogP contribution in [-0.2, 0) is 20.0 Å². The van der Waals surface area contributed by atoms with Crippen LogP contribution in [0, 0.1) is 0 Å². The van der Waals surface area contributed by atoms with Crippen LogP contribution in [0.2, 0.25) is 0 Å². The van der Waals surface area contributed by atoms with Gasteiger partial charge in [-0.05, 0) is 30.5 Å². The average molecular weight is 379 g/mol. The number of hydrogen-bond donors (Lipinski definition) is 1. The van der Waals surface area contributed by atoms with Gasteiger partial charge in [0.05, 0.1) is 6.54 Å². The highest BCUT2D eigenvalue weighted by Gasteiger charge is 2.09. The van der Waals surface area contributed by atoms with Crippen molar-refractivity contribution in [3.05, 3.63) is 46.5 Å². The van der Waals surface area contributed by atoms with Crippen molar-refractivity contribution >= 4 is 21.9 Å². The lowest BCUT2D eigenvalue weighted by Gasteiger charge is -2.21. The maximum atomic E-state index is 4.32. The number of benzene rings is 1.